The van der Waals surface area contributed by atoms with E-state index >= 15 is 0 Å². The Balaban J connectivity index is 1.76. The van der Waals surface area contributed by atoms with Gasteiger partial charge in [-0.1, -0.05) is 48.5 Å². The van der Waals surface area contributed by atoms with Crippen molar-refractivity contribution in [1.82, 2.24) is 20.4 Å². The van der Waals surface area contributed by atoms with Crippen LogP contribution >= 0.6 is 12.2 Å². The summed E-state index contributed by atoms with van der Waals surface area (Å²) in [6, 6.07) is 14.3. The first kappa shape index (κ1) is 23.1. The molecule has 1 unspecified atom stereocenters. The van der Waals surface area contributed by atoms with E-state index in [9.17, 15) is 4.39 Å². The Bertz CT molecular complexity index is 1160. The fraction of sp³-hybridized carbons (Fsp3) is 0.320. The van der Waals surface area contributed by atoms with E-state index in [0.29, 0.717) is 35.5 Å². The van der Waals surface area contributed by atoms with Crippen molar-refractivity contribution in [3.63, 3.8) is 0 Å². The topological polar surface area (TPSA) is 63.4 Å². The number of aromatic nitrogens is 2. The van der Waals surface area contributed by atoms with Gasteiger partial charge in [0.2, 0.25) is 5.82 Å². The van der Waals surface area contributed by atoms with E-state index in [1.54, 1.807) is 19.2 Å². The SMILES string of the molecule is CCc1ccc(C2NC(=S)N(CCCOC)C(C)=C2c2nc(-c3cccc(F)c3)no2)cc1. The first-order valence-electron chi connectivity index (χ1n) is 11.0. The fourth-order valence-electron chi connectivity index (χ4n) is 3.97. The summed E-state index contributed by atoms with van der Waals surface area (Å²) in [5, 5.41) is 8.22. The number of thiocarbonyl (C=S) groups is 1. The Hall–Kier alpha value is -3.10. The van der Waals surface area contributed by atoms with Gasteiger partial charge in [0.25, 0.3) is 5.89 Å². The van der Waals surface area contributed by atoms with Crippen LogP contribution in [0.3, 0.4) is 0 Å². The second-order valence-corrected chi connectivity index (χ2v) is 8.29. The van der Waals surface area contributed by atoms with Gasteiger partial charge in [-0.25, -0.2) is 4.39 Å². The number of hydrogen-bond acceptors (Lipinski definition) is 5. The summed E-state index contributed by atoms with van der Waals surface area (Å²) in [4.78, 5) is 6.66. The molecule has 6 nitrogen and oxygen atoms in total. The lowest BCUT2D eigenvalue weighted by Gasteiger charge is -2.37. The molecule has 2 heterocycles. The molecule has 2 aromatic carbocycles. The molecule has 0 fully saturated rings. The average Bonchev–Trinajstić information content (AvgIpc) is 3.31. The third kappa shape index (κ3) is 4.96. The van der Waals surface area contributed by atoms with Crippen LogP contribution in [0, 0.1) is 5.82 Å². The monoisotopic (exact) mass is 466 g/mol. The fourth-order valence-corrected chi connectivity index (χ4v) is 4.31. The summed E-state index contributed by atoms with van der Waals surface area (Å²) in [5.41, 5.74) is 4.65. The van der Waals surface area contributed by atoms with Crippen LogP contribution in [-0.2, 0) is 11.2 Å². The van der Waals surface area contributed by atoms with Crippen molar-refractivity contribution < 1.29 is 13.7 Å². The number of halogens is 1. The molecule has 0 radical (unpaired) electrons. The van der Waals surface area contributed by atoms with Crippen LogP contribution in [0.25, 0.3) is 17.0 Å². The van der Waals surface area contributed by atoms with Crippen LogP contribution in [0.4, 0.5) is 4.39 Å². The number of aryl methyl sites for hydroxylation is 1. The number of rotatable bonds is 8. The van der Waals surface area contributed by atoms with Crippen molar-refractivity contribution >= 4 is 22.9 Å². The van der Waals surface area contributed by atoms with E-state index in [4.69, 9.17) is 21.5 Å². The van der Waals surface area contributed by atoms with Gasteiger partial charge in [-0.05, 0) is 55.2 Å². The Morgan fingerprint density at radius 1 is 1.21 bits per heavy atom. The van der Waals surface area contributed by atoms with Gasteiger partial charge in [-0.3, -0.25) is 0 Å². The molecule has 1 aliphatic heterocycles. The number of benzene rings is 2. The van der Waals surface area contributed by atoms with Gasteiger partial charge in [0.15, 0.2) is 5.11 Å². The lowest BCUT2D eigenvalue weighted by molar-refractivity contribution is 0.188. The van der Waals surface area contributed by atoms with Crippen molar-refractivity contribution in [3.8, 4) is 11.4 Å². The molecule has 0 saturated heterocycles. The van der Waals surface area contributed by atoms with E-state index in [-0.39, 0.29) is 11.9 Å². The molecule has 1 aromatic heterocycles. The lowest BCUT2D eigenvalue weighted by atomic mass is 9.94. The summed E-state index contributed by atoms with van der Waals surface area (Å²) in [6.07, 6.45) is 1.78. The van der Waals surface area contributed by atoms with Crippen molar-refractivity contribution in [2.24, 2.45) is 0 Å². The predicted molar refractivity (Wildman–Crippen MR) is 130 cm³/mol. The highest BCUT2D eigenvalue weighted by atomic mass is 32.1. The maximum absolute atomic E-state index is 13.7. The highest BCUT2D eigenvalue weighted by molar-refractivity contribution is 7.80. The van der Waals surface area contributed by atoms with Crippen LogP contribution < -0.4 is 5.32 Å². The third-order valence-corrected chi connectivity index (χ3v) is 6.13. The van der Waals surface area contributed by atoms with Crippen molar-refractivity contribution in [3.05, 3.63) is 77.1 Å². The van der Waals surface area contributed by atoms with Gasteiger partial charge in [0, 0.05) is 31.5 Å². The molecule has 33 heavy (non-hydrogen) atoms. The van der Waals surface area contributed by atoms with Crippen LogP contribution in [0.1, 0.15) is 43.3 Å². The Kier molecular flexibility index (Phi) is 7.15. The first-order valence-corrected chi connectivity index (χ1v) is 11.4. The second-order valence-electron chi connectivity index (χ2n) is 7.91. The molecular formula is C25H27FN4O2S. The molecule has 4 rings (SSSR count). The van der Waals surface area contributed by atoms with Gasteiger partial charge in [0.05, 0.1) is 11.6 Å². The van der Waals surface area contributed by atoms with E-state index in [1.807, 2.05) is 11.8 Å². The van der Waals surface area contributed by atoms with Crippen LogP contribution in [0.2, 0.25) is 0 Å². The highest BCUT2D eigenvalue weighted by Gasteiger charge is 2.33. The third-order valence-electron chi connectivity index (χ3n) is 5.79. The van der Waals surface area contributed by atoms with E-state index in [2.05, 4.69) is 46.6 Å². The minimum atomic E-state index is -0.350. The Morgan fingerprint density at radius 3 is 2.70 bits per heavy atom. The zero-order chi connectivity index (χ0) is 23.4. The van der Waals surface area contributed by atoms with Crippen LogP contribution in [-0.4, -0.2) is 40.4 Å². The molecule has 0 spiro atoms. The summed E-state index contributed by atoms with van der Waals surface area (Å²) in [5.74, 6) is 0.365. The van der Waals surface area contributed by atoms with E-state index in [1.165, 1.54) is 17.7 Å². The zero-order valence-corrected chi connectivity index (χ0v) is 19.8. The standard InChI is InChI=1S/C25H27FN4O2S/c1-4-17-9-11-18(12-10-17)22-21(16(2)30(25(33)27-22)13-6-14-31-3)24-28-23(29-32-24)19-7-5-8-20(26)15-19/h5,7-12,15,22H,4,6,13-14H2,1-3H3,(H,27,33). The Morgan fingerprint density at radius 2 is 2.00 bits per heavy atom. The molecule has 8 heteroatoms. The van der Waals surface area contributed by atoms with Gasteiger partial charge < -0.3 is 19.5 Å². The van der Waals surface area contributed by atoms with Gasteiger partial charge in [-0.2, -0.15) is 4.98 Å². The van der Waals surface area contributed by atoms with Gasteiger partial charge >= 0.3 is 0 Å². The maximum Gasteiger partial charge on any atom is 0.258 e. The zero-order valence-electron chi connectivity index (χ0n) is 19.0. The Labute approximate surface area is 198 Å². The average molecular weight is 467 g/mol. The minimum absolute atomic E-state index is 0.247. The molecule has 172 valence electrons. The predicted octanol–water partition coefficient (Wildman–Crippen LogP) is 5.14. The molecule has 1 atom stereocenters. The summed E-state index contributed by atoms with van der Waals surface area (Å²) in [7, 11) is 1.68. The van der Waals surface area contributed by atoms with E-state index < -0.39 is 0 Å². The maximum atomic E-state index is 13.7. The van der Waals surface area contributed by atoms with Crippen molar-refractivity contribution in [2.75, 3.05) is 20.3 Å². The second kappa shape index (κ2) is 10.2. The molecule has 0 saturated carbocycles. The van der Waals surface area contributed by atoms with Crippen molar-refractivity contribution in [2.45, 2.75) is 32.7 Å². The lowest BCUT2D eigenvalue weighted by Crippen LogP contribution is -2.46. The quantitative estimate of drug-likeness (QED) is 0.364. The molecule has 3 aromatic rings. The molecule has 0 bridgehead atoms. The first-order chi connectivity index (χ1) is 16.0. The number of ether oxygens (including phenoxy) is 1. The normalized spacial score (nSPS) is 16.3. The number of hydrogen-bond donors (Lipinski definition) is 1. The molecular weight excluding hydrogens is 439 g/mol. The van der Waals surface area contributed by atoms with Gasteiger partial charge in [-0.15, -0.1) is 0 Å². The van der Waals surface area contributed by atoms with Gasteiger partial charge in [0.1, 0.15) is 5.82 Å². The number of methoxy groups -OCH3 is 1. The summed E-state index contributed by atoms with van der Waals surface area (Å²) >= 11 is 5.71. The van der Waals surface area contributed by atoms with E-state index in [0.717, 1.165) is 29.7 Å². The largest absolute Gasteiger partial charge is 0.385 e. The molecule has 0 amide bonds. The van der Waals surface area contributed by atoms with Crippen molar-refractivity contribution in [1.29, 1.82) is 0 Å². The molecule has 1 N–H and O–H groups in total. The molecule has 1 aliphatic rings. The molecule has 0 aliphatic carbocycles. The number of nitrogens with one attached hydrogen (secondary N) is 1. The minimum Gasteiger partial charge on any atom is -0.385 e. The summed E-state index contributed by atoms with van der Waals surface area (Å²) < 4.78 is 24.6. The summed E-state index contributed by atoms with van der Waals surface area (Å²) in [6.45, 7) is 5.47. The number of allylic oxidation sites excluding steroid dienone is 1. The van der Waals surface area contributed by atoms with Crippen LogP contribution in [0.5, 0.6) is 0 Å². The van der Waals surface area contributed by atoms with Crippen LogP contribution in [0.15, 0.2) is 58.8 Å². The smallest absolute Gasteiger partial charge is 0.258 e. The highest BCUT2D eigenvalue weighted by Crippen LogP contribution is 2.37. The number of nitrogens with zero attached hydrogens (tertiary/aromatic N) is 3.